The van der Waals surface area contributed by atoms with Gasteiger partial charge in [0.1, 0.15) is 5.01 Å². The summed E-state index contributed by atoms with van der Waals surface area (Å²) in [6.45, 7) is -0.444. The van der Waals surface area contributed by atoms with Gasteiger partial charge in [0.2, 0.25) is 10.9 Å². The highest BCUT2D eigenvalue weighted by atomic mass is 35.5. The van der Waals surface area contributed by atoms with Crippen molar-refractivity contribution in [3.63, 3.8) is 0 Å². The number of halogens is 6. The highest BCUT2D eigenvalue weighted by molar-refractivity contribution is 7.16. The molecule has 27 heavy (non-hydrogen) atoms. The predicted molar refractivity (Wildman–Crippen MR) is 85.5 cm³/mol. The SMILES string of the molecule is COCc1nn2c(CN3C[C@H](CC(F)(F)Cl)CC3=O)c(C(F)(F)F)nc2s1. The monoisotopic (exact) mass is 432 g/mol. The molecule has 2 aromatic heterocycles. The number of likely N-dealkylation sites (tertiary alicyclic amines) is 1. The number of alkyl halides is 6. The Morgan fingerprint density at radius 3 is 2.63 bits per heavy atom. The molecule has 0 N–H and O–H groups in total. The van der Waals surface area contributed by atoms with E-state index >= 15 is 0 Å². The third-order valence-electron chi connectivity index (χ3n) is 4.03. The molecule has 13 heteroatoms. The number of carbonyl (C=O) groups is 1. The van der Waals surface area contributed by atoms with Gasteiger partial charge in [0.25, 0.3) is 0 Å². The summed E-state index contributed by atoms with van der Waals surface area (Å²) >= 11 is 5.84. The van der Waals surface area contributed by atoms with Gasteiger partial charge in [-0.3, -0.25) is 4.79 Å². The lowest BCUT2D eigenvalue weighted by atomic mass is 10.1. The van der Waals surface area contributed by atoms with E-state index in [0.717, 1.165) is 20.8 Å². The fraction of sp³-hybridized carbons (Fsp3) is 0.643. The van der Waals surface area contributed by atoms with Crippen molar-refractivity contribution in [3.8, 4) is 0 Å². The van der Waals surface area contributed by atoms with Crippen LogP contribution in [0.15, 0.2) is 0 Å². The summed E-state index contributed by atoms with van der Waals surface area (Å²) in [7, 11) is 1.42. The van der Waals surface area contributed by atoms with Crippen LogP contribution in [0.4, 0.5) is 22.0 Å². The zero-order chi connectivity index (χ0) is 20.0. The summed E-state index contributed by atoms with van der Waals surface area (Å²) in [5.74, 6) is -1.25. The van der Waals surface area contributed by atoms with Gasteiger partial charge in [-0.25, -0.2) is 9.50 Å². The smallest absolute Gasteiger partial charge is 0.377 e. The number of hydrogen-bond donors (Lipinski definition) is 0. The molecular formula is C14H14ClF5N4O2S. The molecule has 1 saturated heterocycles. The molecule has 6 nitrogen and oxygen atoms in total. The minimum atomic E-state index is -4.74. The van der Waals surface area contributed by atoms with E-state index in [1.165, 1.54) is 7.11 Å². The van der Waals surface area contributed by atoms with Crippen molar-refractivity contribution in [2.75, 3.05) is 13.7 Å². The van der Waals surface area contributed by atoms with E-state index < -0.39 is 42.0 Å². The van der Waals surface area contributed by atoms with Crippen LogP contribution in [0.2, 0.25) is 0 Å². The number of amides is 1. The number of ether oxygens (including phenoxy) is 1. The Balaban J connectivity index is 1.89. The first-order valence-electron chi connectivity index (χ1n) is 7.76. The Kier molecular flexibility index (Phi) is 5.34. The van der Waals surface area contributed by atoms with E-state index in [2.05, 4.69) is 10.1 Å². The number of fused-ring (bicyclic) bond motifs is 1. The van der Waals surface area contributed by atoms with Crippen LogP contribution >= 0.6 is 22.9 Å². The van der Waals surface area contributed by atoms with Gasteiger partial charge >= 0.3 is 11.6 Å². The lowest BCUT2D eigenvalue weighted by Gasteiger charge is -2.18. The summed E-state index contributed by atoms with van der Waals surface area (Å²) in [5.41, 5.74) is -1.47. The van der Waals surface area contributed by atoms with Gasteiger partial charge in [0, 0.05) is 26.5 Å². The summed E-state index contributed by atoms with van der Waals surface area (Å²) < 4.78 is 71.9. The number of rotatable bonds is 6. The Labute approximate surface area is 158 Å². The third-order valence-corrected chi connectivity index (χ3v) is 5.07. The average molecular weight is 433 g/mol. The maximum Gasteiger partial charge on any atom is 0.435 e. The minimum absolute atomic E-state index is 0.0138. The summed E-state index contributed by atoms with van der Waals surface area (Å²) in [5, 5.41) is 1.00. The highest BCUT2D eigenvalue weighted by Crippen LogP contribution is 2.36. The lowest BCUT2D eigenvalue weighted by molar-refractivity contribution is -0.142. The van der Waals surface area contributed by atoms with Crippen molar-refractivity contribution in [1.82, 2.24) is 19.5 Å². The fourth-order valence-corrected chi connectivity index (χ4v) is 4.13. The second kappa shape index (κ2) is 7.13. The molecule has 0 aliphatic carbocycles. The maximum atomic E-state index is 13.3. The molecule has 0 unspecified atom stereocenters. The van der Waals surface area contributed by atoms with E-state index in [4.69, 9.17) is 16.3 Å². The first kappa shape index (κ1) is 20.2. The third kappa shape index (κ3) is 4.49. The summed E-state index contributed by atoms with van der Waals surface area (Å²) in [6.07, 6.45) is -5.66. The van der Waals surface area contributed by atoms with Gasteiger partial charge in [-0.1, -0.05) is 11.3 Å². The van der Waals surface area contributed by atoms with Crippen molar-refractivity contribution in [3.05, 3.63) is 16.4 Å². The van der Waals surface area contributed by atoms with E-state index in [9.17, 15) is 26.7 Å². The summed E-state index contributed by atoms with van der Waals surface area (Å²) in [6, 6.07) is 0. The zero-order valence-electron chi connectivity index (χ0n) is 13.9. The van der Waals surface area contributed by atoms with Crippen molar-refractivity contribution >= 4 is 33.8 Å². The molecule has 2 aromatic rings. The van der Waals surface area contributed by atoms with Crippen molar-refractivity contribution in [1.29, 1.82) is 0 Å². The first-order valence-corrected chi connectivity index (χ1v) is 8.95. The van der Waals surface area contributed by atoms with E-state index in [1.54, 1.807) is 0 Å². The van der Waals surface area contributed by atoms with Gasteiger partial charge in [-0.2, -0.15) is 27.1 Å². The quantitative estimate of drug-likeness (QED) is 0.517. The van der Waals surface area contributed by atoms with Crippen molar-refractivity contribution in [2.45, 2.75) is 37.6 Å². The maximum absolute atomic E-state index is 13.3. The van der Waals surface area contributed by atoms with Gasteiger partial charge in [-0.15, -0.1) is 0 Å². The van der Waals surface area contributed by atoms with Crippen molar-refractivity contribution in [2.24, 2.45) is 5.92 Å². The molecule has 0 radical (unpaired) electrons. The normalized spacial score (nSPS) is 18.9. The van der Waals surface area contributed by atoms with E-state index in [-0.39, 0.29) is 30.2 Å². The molecule has 1 atom stereocenters. The van der Waals surface area contributed by atoms with Gasteiger partial charge < -0.3 is 9.64 Å². The number of aromatic nitrogens is 3. The molecule has 0 spiro atoms. The molecule has 150 valence electrons. The van der Waals surface area contributed by atoms with Crippen LogP contribution in [0, 0.1) is 5.92 Å². The molecular weight excluding hydrogens is 419 g/mol. The van der Waals surface area contributed by atoms with Gasteiger partial charge in [0.05, 0.1) is 18.8 Å². The molecule has 1 amide bonds. The molecule has 3 heterocycles. The molecule has 3 rings (SSSR count). The largest absolute Gasteiger partial charge is 0.435 e. The van der Waals surface area contributed by atoms with Crippen LogP contribution in [0.5, 0.6) is 0 Å². The fourth-order valence-electron chi connectivity index (χ4n) is 3.03. The molecule has 0 saturated carbocycles. The second-order valence-corrected chi connectivity index (χ2v) is 7.79. The van der Waals surface area contributed by atoms with Crippen LogP contribution in [0.25, 0.3) is 4.96 Å². The van der Waals surface area contributed by atoms with Gasteiger partial charge in [-0.05, 0) is 17.5 Å². The van der Waals surface area contributed by atoms with Crippen LogP contribution < -0.4 is 0 Å². The Morgan fingerprint density at radius 2 is 2.04 bits per heavy atom. The number of methoxy groups -OCH3 is 1. The van der Waals surface area contributed by atoms with Crippen LogP contribution in [-0.2, 0) is 28.9 Å². The molecule has 0 bridgehead atoms. The highest BCUT2D eigenvalue weighted by Gasteiger charge is 2.42. The Morgan fingerprint density at radius 1 is 1.33 bits per heavy atom. The average Bonchev–Trinajstić information content (AvgIpc) is 3.12. The Bertz CT molecular complexity index is 847. The Hall–Kier alpha value is -1.53. The topological polar surface area (TPSA) is 59.7 Å². The second-order valence-electron chi connectivity index (χ2n) is 6.19. The van der Waals surface area contributed by atoms with Crippen LogP contribution in [0.1, 0.15) is 29.2 Å². The molecule has 1 aliphatic heterocycles. The van der Waals surface area contributed by atoms with E-state index in [1.807, 2.05) is 0 Å². The molecule has 1 fully saturated rings. The zero-order valence-corrected chi connectivity index (χ0v) is 15.5. The standard InChI is InChI=1S/C14H14ClF5N4O2S/c1-26-6-9-22-24-8(11(14(18,19)20)21-12(24)27-9)5-23-4-7(2-10(23)25)3-13(15,16)17/h7H,2-6H2,1H3/t7-/m0/s1. The summed E-state index contributed by atoms with van der Waals surface area (Å²) in [4.78, 5) is 16.8. The number of carbonyl (C=O) groups excluding carboxylic acids is 1. The van der Waals surface area contributed by atoms with Crippen molar-refractivity contribution < 1.29 is 31.5 Å². The van der Waals surface area contributed by atoms with Gasteiger partial charge in [0.15, 0.2) is 5.69 Å². The number of nitrogens with zero attached hydrogens (tertiary/aromatic N) is 4. The first-order chi connectivity index (χ1) is 12.5. The predicted octanol–water partition coefficient (Wildman–Crippen LogP) is 3.53. The minimum Gasteiger partial charge on any atom is -0.377 e. The number of imidazole rings is 1. The van der Waals surface area contributed by atoms with Crippen LogP contribution in [0.3, 0.4) is 0 Å². The lowest BCUT2D eigenvalue weighted by Crippen LogP contribution is -2.27. The number of hydrogen-bond acceptors (Lipinski definition) is 5. The van der Waals surface area contributed by atoms with Crippen LogP contribution in [-0.4, -0.2) is 44.4 Å². The molecule has 0 aromatic carbocycles. The molecule has 1 aliphatic rings. The van der Waals surface area contributed by atoms with E-state index in [0.29, 0.717) is 5.01 Å².